The minimum Gasteiger partial charge on any atom is -0.345 e. The summed E-state index contributed by atoms with van der Waals surface area (Å²) in [7, 11) is -1.86. The van der Waals surface area contributed by atoms with E-state index in [1.165, 1.54) is 16.4 Å². The van der Waals surface area contributed by atoms with Gasteiger partial charge >= 0.3 is 0 Å². The van der Waals surface area contributed by atoms with Crippen LogP contribution >= 0.6 is 0 Å². The summed E-state index contributed by atoms with van der Waals surface area (Å²) in [6, 6.07) is 21.4. The topological polar surface area (TPSA) is 84.3 Å². The minimum absolute atomic E-state index is 0.101. The molecule has 1 amide bonds. The zero-order chi connectivity index (χ0) is 22.3. The van der Waals surface area contributed by atoms with Crippen LogP contribution in [0.5, 0.6) is 0 Å². The Morgan fingerprint density at radius 3 is 2.66 bits per heavy atom. The maximum absolute atomic E-state index is 13.3. The van der Waals surface area contributed by atoms with Gasteiger partial charge in [0.2, 0.25) is 0 Å². The number of carbonyl (C=O) groups is 1. The lowest BCUT2D eigenvalue weighted by molar-refractivity contribution is 0.0949. The van der Waals surface area contributed by atoms with Gasteiger partial charge in [-0.3, -0.25) is 9.10 Å². The highest BCUT2D eigenvalue weighted by Gasteiger charge is 2.30. The number of rotatable bonds is 5. The SMILES string of the molecule is Cn1c(CNC(=O)c2cccc(S(=O)(=O)N3CCc4ccccc43)c2)nc2ccccc21. The van der Waals surface area contributed by atoms with Crippen molar-refractivity contribution in [3.8, 4) is 0 Å². The van der Waals surface area contributed by atoms with Crippen LogP contribution in [0.2, 0.25) is 0 Å². The molecule has 5 rings (SSSR count). The van der Waals surface area contributed by atoms with Crippen molar-refractivity contribution in [2.45, 2.75) is 17.9 Å². The van der Waals surface area contributed by atoms with Crippen LogP contribution in [0.1, 0.15) is 21.7 Å². The maximum atomic E-state index is 13.3. The summed E-state index contributed by atoms with van der Waals surface area (Å²) < 4.78 is 29.9. The number of amides is 1. The van der Waals surface area contributed by atoms with Crippen molar-refractivity contribution in [3.63, 3.8) is 0 Å². The van der Waals surface area contributed by atoms with Crippen molar-refractivity contribution < 1.29 is 13.2 Å². The summed E-state index contributed by atoms with van der Waals surface area (Å²) in [5, 5.41) is 2.85. The van der Waals surface area contributed by atoms with Crippen molar-refractivity contribution in [1.29, 1.82) is 0 Å². The zero-order valence-electron chi connectivity index (χ0n) is 17.5. The molecule has 0 saturated carbocycles. The van der Waals surface area contributed by atoms with Gasteiger partial charge in [0.25, 0.3) is 15.9 Å². The fourth-order valence-corrected chi connectivity index (χ4v) is 5.65. The van der Waals surface area contributed by atoms with Crippen LogP contribution < -0.4 is 9.62 Å². The van der Waals surface area contributed by atoms with Crippen LogP contribution in [-0.2, 0) is 30.0 Å². The Hall–Kier alpha value is -3.65. The molecule has 7 nitrogen and oxygen atoms in total. The van der Waals surface area contributed by atoms with E-state index in [1.54, 1.807) is 12.1 Å². The number of anilines is 1. The average Bonchev–Trinajstić information content (AvgIpc) is 3.39. The van der Waals surface area contributed by atoms with E-state index in [0.29, 0.717) is 18.7 Å². The van der Waals surface area contributed by atoms with E-state index in [4.69, 9.17) is 0 Å². The number of carbonyl (C=O) groups excluding carboxylic acids is 1. The number of sulfonamides is 1. The summed E-state index contributed by atoms with van der Waals surface area (Å²) in [5.41, 5.74) is 3.84. The molecule has 1 aliphatic rings. The number of fused-ring (bicyclic) bond motifs is 2. The van der Waals surface area contributed by atoms with Crippen molar-refractivity contribution >= 4 is 32.7 Å². The molecule has 0 unspecified atom stereocenters. The second-order valence-electron chi connectivity index (χ2n) is 7.74. The van der Waals surface area contributed by atoms with Gasteiger partial charge in [-0.05, 0) is 48.4 Å². The molecule has 1 aliphatic heterocycles. The van der Waals surface area contributed by atoms with Gasteiger partial charge in [-0.25, -0.2) is 13.4 Å². The number of aryl methyl sites for hydroxylation is 1. The van der Waals surface area contributed by atoms with Crippen molar-refractivity contribution in [3.05, 3.63) is 89.7 Å². The Kier molecular flexibility index (Phi) is 4.94. The smallest absolute Gasteiger partial charge is 0.264 e. The number of imidazole rings is 1. The highest BCUT2D eigenvalue weighted by Crippen LogP contribution is 2.32. The fourth-order valence-electron chi connectivity index (χ4n) is 4.10. The lowest BCUT2D eigenvalue weighted by Crippen LogP contribution is -2.29. The Labute approximate surface area is 186 Å². The Morgan fingerprint density at radius 1 is 1.03 bits per heavy atom. The first kappa shape index (κ1) is 20.3. The first-order chi connectivity index (χ1) is 15.4. The minimum atomic E-state index is -3.76. The average molecular weight is 447 g/mol. The van der Waals surface area contributed by atoms with Crippen LogP contribution in [0.15, 0.2) is 77.7 Å². The van der Waals surface area contributed by atoms with Crippen LogP contribution in [0.4, 0.5) is 5.69 Å². The molecular formula is C24H22N4O3S. The highest BCUT2D eigenvalue weighted by atomic mass is 32.2. The van der Waals surface area contributed by atoms with Crippen molar-refractivity contribution in [2.24, 2.45) is 7.05 Å². The molecule has 162 valence electrons. The lowest BCUT2D eigenvalue weighted by atomic mass is 10.2. The quantitative estimate of drug-likeness (QED) is 0.510. The monoisotopic (exact) mass is 446 g/mol. The van der Waals surface area contributed by atoms with Gasteiger partial charge in [0.15, 0.2) is 0 Å². The summed E-state index contributed by atoms with van der Waals surface area (Å²) in [5.74, 6) is 0.368. The van der Waals surface area contributed by atoms with Crippen LogP contribution in [0, 0.1) is 0 Å². The molecule has 0 bridgehead atoms. The first-order valence-electron chi connectivity index (χ1n) is 10.3. The predicted molar refractivity (Wildman–Crippen MR) is 123 cm³/mol. The molecule has 4 aromatic rings. The number of nitrogens with one attached hydrogen (secondary N) is 1. The molecule has 32 heavy (non-hydrogen) atoms. The maximum Gasteiger partial charge on any atom is 0.264 e. The van der Waals surface area contributed by atoms with Crippen molar-refractivity contribution in [2.75, 3.05) is 10.8 Å². The predicted octanol–water partition coefficient (Wildman–Crippen LogP) is 3.25. The number of benzene rings is 3. The lowest BCUT2D eigenvalue weighted by Gasteiger charge is -2.20. The molecule has 0 fully saturated rings. The van der Waals surface area contributed by atoms with Crippen molar-refractivity contribution in [1.82, 2.24) is 14.9 Å². The second kappa shape index (κ2) is 7.80. The molecule has 1 aromatic heterocycles. The van der Waals surface area contributed by atoms with E-state index >= 15 is 0 Å². The van der Waals surface area contributed by atoms with Gasteiger partial charge in [0, 0.05) is 19.2 Å². The summed E-state index contributed by atoms with van der Waals surface area (Å²) in [4.78, 5) is 17.4. The highest BCUT2D eigenvalue weighted by molar-refractivity contribution is 7.92. The number of hydrogen-bond donors (Lipinski definition) is 1. The van der Waals surface area contributed by atoms with Gasteiger partial charge in [-0.15, -0.1) is 0 Å². The molecule has 2 heterocycles. The van der Waals surface area contributed by atoms with Gasteiger partial charge in [0.1, 0.15) is 5.82 Å². The largest absolute Gasteiger partial charge is 0.345 e. The zero-order valence-corrected chi connectivity index (χ0v) is 18.3. The summed E-state index contributed by atoms with van der Waals surface area (Å²) >= 11 is 0. The third-order valence-electron chi connectivity index (χ3n) is 5.82. The molecule has 0 atom stereocenters. The molecular weight excluding hydrogens is 424 g/mol. The number of hydrogen-bond acceptors (Lipinski definition) is 4. The Balaban J connectivity index is 1.36. The number of nitrogens with zero attached hydrogens (tertiary/aromatic N) is 3. The van der Waals surface area contributed by atoms with E-state index in [0.717, 1.165) is 22.4 Å². The van der Waals surface area contributed by atoms with Gasteiger partial charge in [0.05, 0.1) is 28.2 Å². The molecule has 0 aliphatic carbocycles. The molecule has 1 N–H and O–H groups in total. The van der Waals surface area contributed by atoms with E-state index in [2.05, 4.69) is 10.3 Å². The van der Waals surface area contributed by atoms with E-state index in [1.807, 2.05) is 60.1 Å². The standard InChI is InChI=1S/C24H22N4O3S/c1-27-22-12-5-3-10-20(22)26-23(27)16-25-24(29)18-8-6-9-19(15-18)32(30,31)28-14-13-17-7-2-4-11-21(17)28/h2-12,15H,13-14,16H2,1H3,(H,25,29). The van der Waals surface area contributed by atoms with Crippen LogP contribution in [0.3, 0.4) is 0 Å². The van der Waals surface area contributed by atoms with Crippen LogP contribution in [0.25, 0.3) is 11.0 Å². The summed E-state index contributed by atoms with van der Waals surface area (Å²) in [6.07, 6.45) is 0.674. The fraction of sp³-hybridized carbons (Fsp3) is 0.167. The van der Waals surface area contributed by atoms with Crippen LogP contribution in [-0.4, -0.2) is 30.4 Å². The molecule has 8 heteroatoms. The number of para-hydroxylation sites is 3. The normalized spacial score (nSPS) is 13.3. The van der Waals surface area contributed by atoms with E-state index < -0.39 is 10.0 Å². The number of aromatic nitrogens is 2. The third kappa shape index (κ3) is 3.42. The van der Waals surface area contributed by atoms with E-state index in [-0.39, 0.29) is 22.9 Å². The summed E-state index contributed by atoms with van der Waals surface area (Å²) in [6.45, 7) is 0.630. The second-order valence-corrected chi connectivity index (χ2v) is 9.60. The molecule has 0 saturated heterocycles. The van der Waals surface area contributed by atoms with Gasteiger partial charge < -0.3 is 9.88 Å². The molecule has 3 aromatic carbocycles. The molecule has 0 spiro atoms. The Bertz CT molecular complexity index is 1440. The third-order valence-corrected chi connectivity index (χ3v) is 7.62. The molecule has 0 radical (unpaired) electrons. The van der Waals surface area contributed by atoms with Gasteiger partial charge in [-0.2, -0.15) is 0 Å². The first-order valence-corrected chi connectivity index (χ1v) is 11.8. The Morgan fingerprint density at radius 2 is 1.81 bits per heavy atom. The van der Waals surface area contributed by atoms with E-state index in [9.17, 15) is 13.2 Å². The van der Waals surface area contributed by atoms with Gasteiger partial charge in [-0.1, -0.05) is 36.4 Å².